The Hall–Kier alpha value is -2.99. The van der Waals surface area contributed by atoms with Crippen molar-refractivity contribution in [2.75, 3.05) is 18.5 Å². The largest absolute Gasteiger partial charge is 0.527 e. The molecule has 1 aromatic rings. The number of Topliss-reactive ketones (excluding diaryl/α,β-unsaturated/α-hetero) is 1. The lowest BCUT2D eigenvalue weighted by Crippen LogP contribution is -2.69. The SMILES string of the molecule is C[C@@H]1C[C@H]2[C@@H]3CCC4=CC(=O)C=C[C@]4(C)[C@@]3(F)[C@@H](O)C[C@]2(C)[C@@]1(O)C(=O)COP(=O)(O)Oc1ccc(NC(=O)COC2/C=C\CCCCC2)cc1. The van der Waals surface area contributed by atoms with E-state index in [1.54, 1.807) is 26.8 Å². The van der Waals surface area contributed by atoms with Gasteiger partial charge < -0.3 is 24.8 Å². The molecule has 0 spiro atoms. The molecule has 5 aliphatic carbocycles. The second-order valence-electron chi connectivity index (χ2n) is 15.4. The maximum absolute atomic E-state index is 17.4. The molecule has 0 bridgehead atoms. The van der Waals surface area contributed by atoms with Crippen molar-refractivity contribution >= 4 is 31.0 Å². The Balaban J connectivity index is 1.07. The second kappa shape index (κ2) is 14.1. The summed E-state index contributed by atoms with van der Waals surface area (Å²) in [7, 11) is -4.87. The van der Waals surface area contributed by atoms with Crippen LogP contribution in [-0.4, -0.2) is 69.3 Å². The smallest absolute Gasteiger partial charge is 0.404 e. The zero-order chi connectivity index (χ0) is 36.8. The fourth-order valence-corrected chi connectivity index (χ4v) is 10.5. The van der Waals surface area contributed by atoms with Crippen molar-refractivity contribution in [3.05, 3.63) is 60.2 Å². The van der Waals surface area contributed by atoms with E-state index >= 15 is 4.39 Å². The fraction of sp³-hybridized carbons (Fsp3) is 0.605. The molecule has 4 N–H and O–H groups in total. The van der Waals surface area contributed by atoms with E-state index in [-0.39, 0.29) is 36.6 Å². The minimum Gasteiger partial charge on any atom is -0.404 e. The first-order chi connectivity index (χ1) is 24.0. The molecule has 11 nitrogen and oxygen atoms in total. The number of alkyl halides is 1. The average Bonchev–Trinajstić information content (AvgIpc) is 3.26. The third-order valence-corrected chi connectivity index (χ3v) is 13.4. The highest BCUT2D eigenvalue weighted by atomic mass is 31.2. The van der Waals surface area contributed by atoms with Crippen LogP contribution in [0.25, 0.3) is 0 Å². The quantitative estimate of drug-likeness (QED) is 0.167. The summed E-state index contributed by atoms with van der Waals surface area (Å²) < 4.78 is 46.3. The zero-order valence-corrected chi connectivity index (χ0v) is 30.3. The molecule has 0 radical (unpaired) electrons. The molecule has 3 saturated carbocycles. The van der Waals surface area contributed by atoms with Crippen molar-refractivity contribution in [1.29, 1.82) is 0 Å². The Morgan fingerprint density at radius 1 is 1.08 bits per heavy atom. The predicted octanol–water partition coefficient (Wildman–Crippen LogP) is 5.94. The van der Waals surface area contributed by atoms with Crippen LogP contribution in [0.4, 0.5) is 10.1 Å². The Kier molecular flexibility index (Phi) is 10.4. The number of anilines is 1. The molecule has 0 heterocycles. The number of fused-ring (bicyclic) bond motifs is 5. The number of aliphatic hydroxyl groups is 2. The third kappa shape index (κ3) is 6.72. The van der Waals surface area contributed by atoms with Crippen molar-refractivity contribution in [3.63, 3.8) is 0 Å². The molecule has 278 valence electrons. The van der Waals surface area contributed by atoms with Crippen LogP contribution in [0.3, 0.4) is 0 Å². The fourth-order valence-electron chi connectivity index (χ4n) is 9.80. The van der Waals surface area contributed by atoms with Crippen LogP contribution in [0.15, 0.2) is 60.2 Å². The van der Waals surface area contributed by atoms with Gasteiger partial charge in [0.25, 0.3) is 0 Å². The van der Waals surface area contributed by atoms with E-state index in [1.807, 2.05) is 6.08 Å². The van der Waals surface area contributed by atoms with Gasteiger partial charge in [-0.3, -0.25) is 23.8 Å². The lowest BCUT2D eigenvalue weighted by Gasteiger charge is -2.62. The first-order valence-electron chi connectivity index (χ1n) is 18.0. The maximum atomic E-state index is 17.4. The van der Waals surface area contributed by atoms with Crippen molar-refractivity contribution in [2.24, 2.45) is 28.6 Å². The summed E-state index contributed by atoms with van der Waals surface area (Å²) in [6.07, 6.45) is 12.7. The number of nitrogens with one attached hydrogen (secondary N) is 1. The van der Waals surface area contributed by atoms with E-state index in [2.05, 4.69) is 11.4 Å². The van der Waals surface area contributed by atoms with Crippen LogP contribution in [-0.2, 0) is 28.2 Å². The minimum absolute atomic E-state index is 0.0606. The van der Waals surface area contributed by atoms with Crippen LogP contribution >= 0.6 is 7.82 Å². The number of ether oxygens (including phenoxy) is 1. The number of phosphoric acid groups is 1. The van der Waals surface area contributed by atoms with E-state index in [9.17, 15) is 34.1 Å². The monoisotopic (exact) mass is 729 g/mol. The summed E-state index contributed by atoms with van der Waals surface area (Å²) in [6, 6.07) is 5.66. The summed E-state index contributed by atoms with van der Waals surface area (Å²) in [4.78, 5) is 48.8. The summed E-state index contributed by atoms with van der Waals surface area (Å²) in [6.45, 7) is 3.96. The zero-order valence-electron chi connectivity index (χ0n) is 29.4. The molecule has 10 atom stereocenters. The van der Waals surface area contributed by atoms with Gasteiger partial charge in [-0.25, -0.2) is 8.96 Å². The van der Waals surface area contributed by atoms with Gasteiger partial charge in [-0.05, 0) is 100 Å². The molecule has 5 aliphatic rings. The van der Waals surface area contributed by atoms with Crippen LogP contribution in [0, 0.1) is 28.6 Å². The van der Waals surface area contributed by atoms with Gasteiger partial charge in [0.1, 0.15) is 24.6 Å². The number of rotatable bonds is 10. The molecule has 13 heteroatoms. The van der Waals surface area contributed by atoms with Gasteiger partial charge >= 0.3 is 7.82 Å². The number of allylic oxidation sites excluding steroid dienone is 5. The second-order valence-corrected chi connectivity index (χ2v) is 16.8. The molecule has 6 rings (SSSR count). The molecule has 1 aromatic carbocycles. The Labute approximate surface area is 297 Å². The first kappa shape index (κ1) is 37.8. The minimum atomic E-state index is -4.87. The topological polar surface area (TPSA) is 169 Å². The van der Waals surface area contributed by atoms with Crippen molar-refractivity contribution < 1.29 is 52.2 Å². The van der Waals surface area contributed by atoms with E-state index < -0.39 is 66.2 Å². The van der Waals surface area contributed by atoms with Crippen LogP contribution in [0.1, 0.15) is 78.6 Å². The molecule has 0 aromatic heterocycles. The highest BCUT2D eigenvalue weighted by Crippen LogP contribution is 2.70. The number of carbonyl (C=O) groups excluding carboxylic acids is 3. The van der Waals surface area contributed by atoms with Gasteiger partial charge in [0.2, 0.25) is 5.91 Å². The van der Waals surface area contributed by atoms with Crippen molar-refractivity contribution in [3.8, 4) is 5.75 Å². The Bertz CT molecular complexity index is 1680. The molecular weight excluding hydrogens is 680 g/mol. The summed E-state index contributed by atoms with van der Waals surface area (Å²) in [5, 5.41) is 26.4. The molecule has 51 heavy (non-hydrogen) atoms. The van der Waals surface area contributed by atoms with Gasteiger partial charge in [-0.2, -0.15) is 0 Å². The number of benzene rings is 1. The summed E-state index contributed by atoms with van der Waals surface area (Å²) in [5.41, 5.74) is -5.67. The molecule has 1 amide bonds. The van der Waals surface area contributed by atoms with Crippen LogP contribution in [0.2, 0.25) is 0 Å². The normalized spacial score (nSPS) is 39.2. The summed E-state index contributed by atoms with van der Waals surface area (Å²) >= 11 is 0. The van der Waals surface area contributed by atoms with E-state index in [4.69, 9.17) is 13.8 Å². The van der Waals surface area contributed by atoms with Gasteiger partial charge in [0.15, 0.2) is 17.2 Å². The average molecular weight is 730 g/mol. The van der Waals surface area contributed by atoms with Gasteiger partial charge in [-0.15, -0.1) is 0 Å². The van der Waals surface area contributed by atoms with E-state index in [0.29, 0.717) is 30.5 Å². The number of aliphatic hydroxyl groups excluding tert-OH is 1. The Morgan fingerprint density at radius 2 is 1.82 bits per heavy atom. The molecule has 3 fully saturated rings. The Morgan fingerprint density at radius 3 is 2.57 bits per heavy atom. The predicted molar refractivity (Wildman–Crippen MR) is 186 cm³/mol. The van der Waals surface area contributed by atoms with E-state index in [1.165, 1.54) is 36.4 Å². The summed E-state index contributed by atoms with van der Waals surface area (Å²) in [5.74, 6) is -3.39. The molecular formula is C38H49FNO10P. The third-order valence-electron chi connectivity index (χ3n) is 12.5. The number of carbonyl (C=O) groups is 3. The van der Waals surface area contributed by atoms with E-state index in [0.717, 1.165) is 32.1 Å². The van der Waals surface area contributed by atoms with Gasteiger partial charge in [0.05, 0.1) is 12.2 Å². The van der Waals surface area contributed by atoms with Crippen LogP contribution < -0.4 is 9.84 Å². The number of hydrogen-bond donors (Lipinski definition) is 4. The highest BCUT2D eigenvalue weighted by Gasteiger charge is 2.75. The number of ketones is 2. The van der Waals surface area contributed by atoms with Crippen LogP contribution in [0.5, 0.6) is 5.75 Å². The first-order valence-corrected chi connectivity index (χ1v) is 19.4. The van der Waals surface area contributed by atoms with Gasteiger partial charge in [-0.1, -0.05) is 50.5 Å². The maximum Gasteiger partial charge on any atom is 0.527 e. The molecule has 0 aliphatic heterocycles. The molecule has 2 unspecified atom stereocenters. The number of hydrogen-bond acceptors (Lipinski definition) is 9. The lowest BCUT2D eigenvalue weighted by atomic mass is 9.44. The number of halogens is 1. The number of amides is 1. The van der Waals surface area contributed by atoms with Crippen molar-refractivity contribution in [2.45, 2.75) is 102 Å². The van der Waals surface area contributed by atoms with Gasteiger partial charge in [0, 0.05) is 22.4 Å². The highest BCUT2D eigenvalue weighted by molar-refractivity contribution is 7.47. The lowest BCUT2D eigenvalue weighted by molar-refractivity contribution is -0.219. The molecule has 0 saturated heterocycles. The number of phosphoric ester groups is 1. The van der Waals surface area contributed by atoms with Crippen molar-refractivity contribution in [1.82, 2.24) is 0 Å². The standard InChI is InChI=1S/C38H49FNO10P/c1-24-19-31-30-16-11-25-20-27(41)17-18-35(25,2)37(30,39)32(42)21-36(31,3)38(24,45)33(43)22-49-51(46,47)50-29-14-12-26(13-15-29)40-34(44)23-48-28-9-7-5-4-6-8-10-28/h7,9,12-15,17-18,20,24,28,30-32,42,45H,4-6,8,10-11,16,19,21-23H2,1-3H3,(H,40,44)(H,46,47)/b9-7-/t24-,28?,30+,31+,32+,35+,36+,37+,38+/m1/s1.